The Labute approximate surface area is 355 Å². The molecular weight excluding hydrogens is 832 g/mol. The number of ether oxygens (including phenoxy) is 6. The van der Waals surface area contributed by atoms with E-state index in [1.165, 1.54) is 48.5 Å². The van der Waals surface area contributed by atoms with Crippen LogP contribution in [0.15, 0.2) is 111 Å². The van der Waals surface area contributed by atoms with Crippen LogP contribution in [0.5, 0.6) is 0 Å². The van der Waals surface area contributed by atoms with Crippen molar-refractivity contribution in [2.45, 2.75) is 85.5 Å². The molecule has 1 aliphatic heterocycles. The summed E-state index contributed by atoms with van der Waals surface area (Å²) in [5, 5.41) is 59.6. The van der Waals surface area contributed by atoms with E-state index >= 15 is 0 Å². The number of carbonyl (C=O) groups is 3. The van der Waals surface area contributed by atoms with Crippen molar-refractivity contribution in [2.24, 2.45) is 26.4 Å². The highest BCUT2D eigenvalue weighted by Crippen LogP contribution is 2.49. The van der Waals surface area contributed by atoms with Crippen LogP contribution in [-0.2, 0) is 28.4 Å². The van der Waals surface area contributed by atoms with Gasteiger partial charge in [0.25, 0.3) is 0 Å². The van der Waals surface area contributed by atoms with Gasteiger partial charge in [0.2, 0.25) is 0 Å². The lowest BCUT2D eigenvalue weighted by atomic mass is 9.61. The molecule has 3 fully saturated rings. The van der Waals surface area contributed by atoms with Crippen LogP contribution >= 0.6 is 0 Å². The number of hydrogen-bond donors (Lipinski definition) is 4. The highest BCUT2D eigenvalue weighted by molar-refractivity contribution is 5.91. The lowest BCUT2D eigenvalue weighted by Gasteiger charge is -2.57. The van der Waals surface area contributed by atoms with Crippen molar-refractivity contribution in [1.29, 1.82) is 0 Å². The largest absolute Gasteiger partial charge is 0.455 e. The van der Waals surface area contributed by atoms with Crippen LogP contribution in [-0.4, -0.2) is 131 Å². The van der Waals surface area contributed by atoms with Crippen LogP contribution in [0, 0.1) is 5.92 Å². The van der Waals surface area contributed by atoms with E-state index in [2.05, 4.69) is 40.1 Å². The molecule has 4 N–H and O–H groups in total. The van der Waals surface area contributed by atoms with Crippen molar-refractivity contribution in [3.63, 3.8) is 0 Å². The zero-order valence-corrected chi connectivity index (χ0v) is 32.6. The number of aliphatic hydroxyl groups excluding tert-OH is 4. The average Bonchev–Trinajstić information content (AvgIpc) is 3.61. The van der Waals surface area contributed by atoms with Crippen LogP contribution in [0.1, 0.15) is 37.5 Å². The van der Waals surface area contributed by atoms with Gasteiger partial charge in [-0.05, 0) is 64.9 Å². The highest BCUT2D eigenvalue weighted by atomic mass is 16.7. The van der Waals surface area contributed by atoms with Crippen LogP contribution in [0.4, 0.5) is 0 Å². The van der Waals surface area contributed by atoms with Gasteiger partial charge < -0.3 is 48.8 Å². The van der Waals surface area contributed by atoms with Gasteiger partial charge in [-0.3, -0.25) is 0 Å². The molecule has 3 aliphatic rings. The Balaban J connectivity index is 1.34. The average molecular weight is 871 g/mol. The van der Waals surface area contributed by atoms with Crippen LogP contribution < -0.4 is 0 Å². The minimum atomic E-state index is -2.46. The van der Waals surface area contributed by atoms with E-state index in [-0.39, 0.29) is 16.7 Å². The molecule has 0 bridgehead atoms. The number of benzene rings is 3. The summed E-state index contributed by atoms with van der Waals surface area (Å²) in [5.41, 5.74) is 35.6. The number of rotatable bonds is 17. The molecule has 328 valence electrons. The second-order valence-corrected chi connectivity index (χ2v) is 14.3. The maximum absolute atomic E-state index is 13.5. The van der Waals surface area contributed by atoms with Crippen LogP contribution in [0.25, 0.3) is 41.8 Å². The molecule has 3 aromatic rings. The van der Waals surface area contributed by atoms with Crippen LogP contribution in [0.3, 0.4) is 0 Å². The molecule has 25 nitrogen and oxygen atoms in total. The van der Waals surface area contributed by atoms with Gasteiger partial charge in [0.05, 0.1) is 53.6 Å². The van der Waals surface area contributed by atoms with E-state index in [4.69, 9.17) is 28.4 Å². The van der Waals surface area contributed by atoms with E-state index in [9.17, 15) is 56.9 Å². The van der Waals surface area contributed by atoms with E-state index in [1.54, 1.807) is 42.5 Å². The smallest absolute Gasteiger partial charge is 0.338 e. The van der Waals surface area contributed by atoms with Gasteiger partial charge in [-0.15, -0.1) is 0 Å². The third-order valence-corrected chi connectivity index (χ3v) is 10.8. The van der Waals surface area contributed by atoms with E-state index < -0.39 is 122 Å². The van der Waals surface area contributed by atoms with Gasteiger partial charge in [0, 0.05) is 32.2 Å². The summed E-state index contributed by atoms with van der Waals surface area (Å²) in [5.74, 6) is -4.38. The maximum Gasteiger partial charge on any atom is 0.338 e. The number of aliphatic hydroxyl groups is 4. The molecule has 0 radical (unpaired) electrons. The fourth-order valence-corrected chi connectivity index (χ4v) is 7.74. The van der Waals surface area contributed by atoms with Crippen molar-refractivity contribution < 1.29 is 63.2 Å². The maximum atomic E-state index is 13.5. The molecule has 1 heterocycles. The van der Waals surface area contributed by atoms with Crippen molar-refractivity contribution >= 4 is 17.9 Å². The number of carbonyl (C=O) groups excluding carboxylic acids is 3. The normalized spacial score (nSPS) is 31.2. The number of esters is 3. The van der Waals surface area contributed by atoms with Gasteiger partial charge in [-0.25, -0.2) is 14.4 Å². The lowest BCUT2D eigenvalue weighted by Crippen LogP contribution is -2.76. The first kappa shape index (κ1) is 45.6. The zero-order chi connectivity index (χ0) is 45.1. The first-order valence-corrected chi connectivity index (χ1v) is 19.1. The Bertz CT molecular complexity index is 2300. The molecule has 2 saturated carbocycles. The standard InChI is InChI=1S/C38H38N12O13/c39-47-43-17-25-30(59-33(54)19-10-4-1-5-11-19)31(60-34(55)20-12-6-2-7-13-20)36(58-25)61-28-23(44-48-40)16-24(45-49-41)29(27(28)53)62-37(57)38(46-50-42)22(18-51)26(52)32(38)63-35(56)21-14-8-3-9-15-21/h1-15,22-32,36-37,51-53,57H,16-18H2/t22?,23-,24?,25-,26-,27?,28-,29-,30?,31+,32+,36+,37-,38?/m1/s1. The third-order valence-electron chi connectivity index (χ3n) is 10.8. The molecule has 25 heteroatoms. The Morgan fingerprint density at radius 1 is 0.698 bits per heavy atom. The summed E-state index contributed by atoms with van der Waals surface area (Å²) in [6.07, 6.45) is -18.6. The minimum absolute atomic E-state index is 0.0122. The topological polar surface area (TPSA) is 383 Å². The molecular formula is C38H38N12O13. The summed E-state index contributed by atoms with van der Waals surface area (Å²) < 4.78 is 35.3. The van der Waals surface area contributed by atoms with E-state index in [1.807, 2.05) is 0 Å². The van der Waals surface area contributed by atoms with Crippen molar-refractivity contribution in [3.05, 3.63) is 149 Å². The second-order valence-electron chi connectivity index (χ2n) is 14.3. The third kappa shape index (κ3) is 9.59. The zero-order valence-electron chi connectivity index (χ0n) is 32.6. The minimum Gasteiger partial charge on any atom is -0.455 e. The molecule has 0 amide bonds. The molecule has 63 heavy (non-hydrogen) atoms. The highest BCUT2D eigenvalue weighted by Gasteiger charge is 2.69. The van der Waals surface area contributed by atoms with E-state index in [0.29, 0.717) is 0 Å². The first-order chi connectivity index (χ1) is 30.5. The molecule has 14 atom stereocenters. The Hall–Kier alpha value is -6.97. The van der Waals surface area contributed by atoms with E-state index in [0.717, 1.165) is 0 Å². The summed E-state index contributed by atoms with van der Waals surface area (Å²) in [6, 6.07) is 19.8. The van der Waals surface area contributed by atoms with Gasteiger partial charge in [0.1, 0.15) is 23.9 Å². The Kier molecular flexibility index (Phi) is 15.0. The molecule has 6 rings (SSSR count). The summed E-state index contributed by atoms with van der Waals surface area (Å²) in [4.78, 5) is 51.2. The fourth-order valence-electron chi connectivity index (χ4n) is 7.74. The Morgan fingerprint density at radius 3 is 1.70 bits per heavy atom. The second kappa shape index (κ2) is 20.7. The SMILES string of the molecule is [N-]=[N+]=NC[C@H]1O[C@@H](O[C@H]2C(O)[C@H](O[C@@H](O)C3(N=[N+]=[N-])C(CO)[C@@H](O)[C@@H]3OC(=O)c3ccccc3)C(N=[N+]=[N-])C[C@H]2N=[N+]=[N-])[C@@H](OC(=O)c2ccccc2)C1OC(=O)c1ccccc1. The van der Waals surface area contributed by atoms with Gasteiger partial charge in [-0.1, -0.05) is 75.1 Å². The van der Waals surface area contributed by atoms with Gasteiger partial charge in [-0.2, -0.15) is 0 Å². The Morgan fingerprint density at radius 2 is 1.21 bits per heavy atom. The molecule has 1 saturated heterocycles. The lowest BCUT2D eigenvalue weighted by molar-refractivity contribution is -0.301. The molecule has 3 aromatic carbocycles. The fraction of sp³-hybridized carbons (Fsp3) is 0.447. The summed E-state index contributed by atoms with van der Waals surface area (Å²) in [7, 11) is 0. The number of azide groups is 4. The number of nitrogens with zero attached hydrogens (tertiary/aromatic N) is 12. The first-order valence-electron chi connectivity index (χ1n) is 19.1. The summed E-state index contributed by atoms with van der Waals surface area (Å²) >= 11 is 0. The van der Waals surface area contributed by atoms with Crippen molar-refractivity contribution in [2.75, 3.05) is 13.2 Å². The molecule has 0 aromatic heterocycles. The molecule has 2 aliphatic carbocycles. The van der Waals surface area contributed by atoms with Crippen molar-refractivity contribution in [1.82, 2.24) is 0 Å². The van der Waals surface area contributed by atoms with Crippen molar-refractivity contribution in [3.8, 4) is 0 Å². The monoisotopic (exact) mass is 870 g/mol. The molecule has 0 spiro atoms. The van der Waals surface area contributed by atoms with Crippen LogP contribution in [0.2, 0.25) is 0 Å². The predicted octanol–water partition coefficient (Wildman–Crippen LogP) is 3.94. The quantitative estimate of drug-likeness (QED) is 0.0373. The van der Waals surface area contributed by atoms with Gasteiger partial charge >= 0.3 is 17.9 Å². The predicted molar refractivity (Wildman–Crippen MR) is 210 cm³/mol. The van der Waals surface area contributed by atoms with Gasteiger partial charge in [0.15, 0.2) is 24.8 Å². The molecule has 5 unspecified atom stereocenters. The number of hydrogen-bond acceptors (Lipinski definition) is 17. The summed E-state index contributed by atoms with van der Waals surface area (Å²) in [6.45, 7) is -1.44.